The molecule has 1 aliphatic rings. The van der Waals surface area contributed by atoms with Gasteiger partial charge in [-0.3, -0.25) is 4.90 Å². The molecule has 1 aromatic carbocycles. The lowest BCUT2D eigenvalue weighted by atomic mass is 10.1. The van der Waals surface area contributed by atoms with Gasteiger partial charge in [0, 0.05) is 19.1 Å². The summed E-state index contributed by atoms with van der Waals surface area (Å²) in [6, 6.07) is 8.91. The Bertz CT molecular complexity index is 406. The molecule has 0 saturated carbocycles. The van der Waals surface area contributed by atoms with Gasteiger partial charge in [-0.15, -0.1) is 0 Å². The first-order valence-corrected chi connectivity index (χ1v) is 7.90. The molecule has 1 saturated heterocycles. The van der Waals surface area contributed by atoms with Crippen molar-refractivity contribution in [2.75, 3.05) is 40.4 Å². The molecule has 0 aromatic heterocycles. The van der Waals surface area contributed by atoms with Crippen LogP contribution in [0.15, 0.2) is 24.3 Å². The van der Waals surface area contributed by atoms with E-state index in [1.807, 2.05) is 12.1 Å². The summed E-state index contributed by atoms with van der Waals surface area (Å²) >= 11 is 0. The van der Waals surface area contributed by atoms with Gasteiger partial charge >= 0.3 is 0 Å². The van der Waals surface area contributed by atoms with E-state index in [9.17, 15) is 0 Å². The number of likely N-dealkylation sites (N-methyl/N-ethyl adjacent to an activating group) is 1. The van der Waals surface area contributed by atoms with Crippen molar-refractivity contribution in [1.82, 2.24) is 9.80 Å². The fourth-order valence-corrected chi connectivity index (χ4v) is 2.87. The molecule has 1 aromatic rings. The lowest BCUT2D eigenvalue weighted by molar-refractivity contribution is 0.191. The molecule has 1 atom stereocenters. The smallest absolute Gasteiger partial charge is 0.119 e. The third-order valence-corrected chi connectivity index (χ3v) is 4.15. The predicted octanol–water partition coefficient (Wildman–Crippen LogP) is 1.97. The minimum Gasteiger partial charge on any atom is -0.491 e. The number of likely N-dealkylation sites (tertiary alicyclic amines) is 1. The van der Waals surface area contributed by atoms with Gasteiger partial charge in [0.15, 0.2) is 0 Å². The monoisotopic (exact) mass is 292 g/mol. The van der Waals surface area contributed by atoms with Crippen molar-refractivity contribution in [3.05, 3.63) is 29.8 Å². The van der Waals surface area contributed by atoms with Crippen molar-refractivity contribution in [3.8, 4) is 5.75 Å². The average molecular weight is 292 g/mol. The van der Waals surface area contributed by atoms with Gasteiger partial charge in [-0.1, -0.05) is 18.6 Å². The zero-order valence-corrected chi connectivity index (χ0v) is 13.3. The summed E-state index contributed by atoms with van der Waals surface area (Å²) in [4.78, 5) is 4.91. The highest BCUT2D eigenvalue weighted by atomic mass is 16.5. The van der Waals surface area contributed by atoms with E-state index in [2.05, 4.69) is 36.0 Å². The van der Waals surface area contributed by atoms with Gasteiger partial charge in [-0.2, -0.15) is 0 Å². The van der Waals surface area contributed by atoms with Crippen LogP contribution in [0.4, 0.5) is 0 Å². The third kappa shape index (κ3) is 5.30. The molecule has 4 heteroatoms. The Morgan fingerprint density at radius 1 is 1.24 bits per heavy atom. The van der Waals surface area contributed by atoms with Crippen LogP contribution < -0.4 is 4.74 Å². The van der Waals surface area contributed by atoms with Crippen molar-refractivity contribution >= 4 is 0 Å². The highest BCUT2D eigenvalue weighted by Crippen LogP contribution is 2.18. The quantitative estimate of drug-likeness (QED) is 0.869. The van der Waals surface area contributed by atoms with E-state index < -0.39 is 0 Å². The van der Waals surface area contributed by atoms with E-state index >= 15 is 0 Å². The highest BCUT2D eigenvalue weighted by molar-refractivity contribution is 5.27. The Morgan fingerprint density at radius 3 is 2.67 bits per heavy atom. The molecule has 0 bridgehead atoms. The SMILES string of the molecule is CN(C)[C@H]1CCCCN(Cc2ccc(OCCO)cc2)C1. The Balaban J connectivity index is 1.90. The summed E-state index contributed by atoms with van der Waals surface area (Å²) in [6.45, 7) is 3.75. The molecule has 1 fully saturated rings. The molecule has 0 aliphatic carbocycles. The Morgan fingerprint density at radius 2 is 2.00 bits per heavy atom. The van der Waals surface area contributed by atoms with Crippen molar-refractivity contribution in [1.29, 1.82) is 0 Å². The van der Waals surface area contributed by atoms with Gasteiger partial charge in [-0.25, -0.2) is 0 Å². The Labute approximate surface area is 128 Å². The van der Waals surface area contributed by atoms with E-state index in [0.717, 1.165) is 18.8 Å². The molecule has 118 valence electrons. The van der Waals surface area contributed by atoms with Crippen LogP contribution in [-0.4, -0.2) is 61.3 Å². The lowest BCUT2D eigenvalue weighted by Gasteiger charge is -2.28. The van der Waals surface area contributed by atoms with E-state index in [1.165, 1.54) is 31.4 Å². The number of hydrogen-bond donors (Lipinski definition) is 1. The number of ether oxygens (including phenoxy) is 1. The van der Waals surface area contributed by atoms with Crippen molar-refractivity contribution in [2.24, 2.45) is 0 Å². The largest absolute Gasteiger partial charge is 0.491 e. The molecule has 1 aliphatic heterocycles. The molecule has 2 rings (SSSR count). The number of aliphatic hydroxyl groups excluding tert-OH is 1. The Kier molecular flexibility index (Phi) is 6.49. The van der Waals surface area contributed by atoms with Gasteiger partial charge < -0.3 is 14.7 Å². The average Bonchev–Trinajstić information content (AvgIpc) is 2.72. The first-order valence-electron chi connectivity index (χ1n) is 7.90. The minimum absolute atomic E-state index is 0.0570. The maximum atomic E-state index is 8.76. The zero-order chi connectivity index (χ0) is 15.1. The number of benzene rings is 1. The van der Waals surface area contributed by atoms with Crippen LogP contribution in [-0.2, 0) is 6.54 Å². The Hall–Kier alpha value is -1.10. The second-order valence-corrected chi connectivity index (χ2v) is 6.06. The van der Waals surface area contributed by atoms with Crippen molar-refractivity contribution < 1.29 is 9.84 Å². The van der Waals surface area contributed by atoms with Crippen LogP contribution in [0, 0.1) is 0 Å². The molecular weight excluding hydrogens is 264 g/mol. The second kappa shape index (κ2) is 8.37. The van der Waals surface area contributed by atoms with Gasteiger partial charge in [0.1, 0.15) is 12.4 Å². The summed E-state index contributed by atoms with van der Waals surface area (Å²) in [7, 11) is 4.36. The van der Waals surface area contributed by atoms with Crippen LogP contribution in [0.3, 0.4) is 0 Å². The summed E-state index contributed by atoms with van der Waals surface area (Å²) in [5.74, 6) is 0.829. The molecular formula is C17H28N2O2. The number of hydrogen-bond acceptors (Lipinski definition) is 4. The highest BCUT2D eigenvalue weighted by Gasteiger charge is 2.19. The first-order chi connectivity index (χ1) is 10.2. The zero-order valence-electron chi connectivity index (χ0n) is 13.3. The predicted molar refractivity (Wildman–Crippen MR) is 85.6 cm³/mol. The second-order valence-electron chi connectivity index (χ2n) is 6.06. The van der Waals surface area contributed by atoms with Crippen LogP contribution >= 0.6 is 0 Å². The standard InChI is InChI=1S/C17H28N2O2/c1-18(2)16-5-3-4-10-19(14-16)13-15-6-8-17(9-7-15)21-12-11-20/h6-9,16,20H,3-5,10-14H2,1-2H3/t16-/m0/s1. The molecule has 1 heterocycles. The van der Waals surface area contributed by atoms with Crippen LogP contribution in [0.1, 0.15) is 24.8 Å². The molecule has 4 nitrogen and oxygen atoms in total. The third-order valence-electron chi connectivity index (χ3n) is 4.15. The normalized spacial score (nSPS) is 20.5. The minimum atomic E-state index is 0.0570. The van der Waals surface area contributed by atoms with E-state index in [0.29, 0.717) is 12.6 Å². The summed E-state index contributed by atoms with van der Waals surface area (Å²) in [5, 5.41) is 8.76. The molecule has 0 amide bonds. The fourth-order valence-electron chi connectivity index (χ4n) is 2.87. The molecule has 0 unspecified atom stereocenters. The van der Waals surface area contributed by atoms with Crippen LogP contribution in [0.2, 0.25) is 0 Å². The molecule has 21 heavy (non-hydrogen) atoms. The summed E-state index contributed by atoms with van der Waals surface area (Å²) in [6.07, 6.45) is 3.92. The van der Waals surface area contributed by atoms with Gasteiger partial charge in [-0.05, 0) is 51.2 Å². The summed E-state index contributed by atoms with van der Waals surface area (Å²) < 4.78 is 5.40. The van der Waals surface area contributed by atoms with Crippen LogP contribution in [0.5, 0.6) is 5.75 Å². The van der Waals surface area contributed by atoms with Gasteiger partial charge in [0.05, 0.1) is 6.61 Å². The van der Waals surface area contributed by atoms with Crippen LogP contribution in [0.25, 0.3) is 0 Å². The van der Waals surface area contributed by atoms with Crippen molar-refractivity contribution in [2.45, 2.75) is 31.8 Å². The van der Waals surface area contributed by atoms with E-state index in [4.69, 9.17) is 9.84 Å². The molecule has 0 radical (unpaired) electrons. The topological polar surface area (TPSA) is 35.9 Å². The summed E-state index contributed by atoms with van der Waals surface area (Å²) in [5.41, 5.74) is 1.32. The maximum absolute atomic E-state index is 8.76. The lowest BCUT2D eigenvalue weighted by Crippen LogP contribution is -2.38. The van der Waals surface area contributed by atoms with Gasteiger partial charge in [0.25, 0.3) is 0 Å². The van der Waals surface area contributed by atoms with Crippen molar-refractivity contribution in [3.63, 3.8) is 0 Å². The van der Waals surface area contributed by atoms with Gasteiger partial charge in [0.2, 0.25) is 0 Å². The number of rotatable bonds is 6. The number of nitrogens with zero attached hydrogens (tertiary/aromatic N) is 2. The first kappa shape index (κ1) is 16.3. The fraction of sp³-hybridized carbons (Fsp3) is 0.647. The number of aliphatic hydroxyl groups is 1. The molecule has 1 N–H and O–H groups in total. The van der Waals surface area contributed by atoms with E-state index in [1.54, 1.807) is 0 Å². The maximum Gasteiger partial charge on any atom is 0.119 e. The molecule has 0 spiro atoms. The van der Waals surface area contributed by atoms with E-state index in [-0.39, 0.29) is 6.61 Å².